The van der Waals surface area contributed by atoms with Crippen LogP contribution in [0.25, 0.3) is 0 Å². The molecule has 1 aromatic heterocycles. The van der Waals surface area contributed by atoms with Crippen molar-refractivity contribution in [1.82, 2.24) is 14.5 Å². The van der Waals surface area contributed by atoms with E-state index < -0.39 is 18.2 Å². The molecule has 0 aliphatic rings. The standard InChI is InChI=1S/C13H13F4N3/c1-19(7-9-3-2-4-10(14)12(9)15)8-11-18-5-6-20(11)13(16)17/h2-6,13H,7-8H2,1H3. The average Bonchev–Trinajstić information content (AvgIpc) is 2.83. The summed E-state index contributed by atoms with van der Waals surface area (Å²) < 4.78 is 52.6. The largest absolute Gasteiger partial charge is 0.319 e. The lowest BCUT2D eigenvalue weighted by Gasteiger charge is -2.17. The molecule has 3 nitrogen and oxygen atoms in total. The van der Waals surface area contributed by atoms with E-state index in [1.165, 1.54) is 24.5 Å². The van der Waals surface area contributed by atoms with Crippen molar-refractivity contribution in [3.63, 3.8) is 0 Å². The fraction of sp³-hybridized carbons (Fsp3) is 0.308. The third kappa shape index (κ3) is 3.16. The molecule has 0 amide bonds. The number of halogens is 4. The first-order valence-electron chi connectivity index (χ1n) is 5.90. The first kappa shape index (κ1) is 14.5. The second kappa shape index (κ2) is 6.04. The van der Waals surface area contributed by atoms with Gasteiger partial charge in [-0.15, -0.1) is 0 Å². The molecule has 20 heavy (non-hydrogen) atoms. The lowest BCUT2D eigenvalue weighted by Crippen LogP contribution is -2.21. The van der Waals surface area contributed by atoms with E-state index in [4.69, 9.17) is 0 Å². The van der Waals surface area contributed by atoms with Crippen LogP contribution in [0.5, 0.6) is 0 Å². The van der Waals surface area contributed by atoms with Crippen LogP contribution in [0, 0.1) is 11.6 Å². The number of benzene rings is 1. The van der Waals surface area contributed by atoms with E-state index in [-0.39, 0.29) is 24.5 Å². The molecular formula is C13H13F4N3. The van der Waals surface area contributed by atoms with Gasteiger partial charge in [0.15, 0.2) is 11.6 Å². The highest BCUT2D eigenvalue weighted by molar-refractivity contribution is 5.18. The molecule has 2 rings (SSSR count). The van der Waals surface area contributed by atoms with E-state index >= 15 is 0 Å². The molecule has 0 spiro atoms. The summed E-state index contributed by atoms with van der Waals surface area (Å²) in [4.78, 5) is 5.41. The zero-order valence-corrected chi connectivity index (χ0v) is 10.7. The minimum Gasteiger partial charge on any atom is -0.295 e. The average molecular weight is 287 g/mol. The Kier molecular flexibility index (Phi) is 4.39. The first-order valence-corrected chi connectivity index (χ1v) is 5.90. The van der Waals surface area contributed by atoms with Crippen LogP contribution in [0.2, 0.25) is 0 Å². The molecule has 7 heteroatoms. The molecule has 0 fully saturated rings. The summed E-state index contributed by atoms with van der Waals surface area (Å²) in [7, 11) is 1.62. The van der Waals surface area contributed by atoms with Gasteiger partial charge in [0.1, 0.15) is 5.82 Å². The third-order valence-electron chi connectivity index (χ3n) is 2.84. The van der Waals surface area contributed by atoms with E-state index in [0.29, 0.717) is 0 Å². The van der Waals surface area contributed by atoms with Gasteiger partial charge in [-0.1, -0.05) is 12.1 Å². The summed E-state index contributed by atoms with van der Waals surface area (Å²) in [5.74, 6) is -1.68. The number of imidazole rings is 1. The zero-order chi connectivity index (χ0) is 14.7. The van der Waals surface area contributed by atoms with Gasteiger partial charge in [-0.25, -0.2) is 13.8 Å². The Morgan fingerprint density at radius 2 is 2.00 bits per heavy atom. The Bertz CT molecular complexity index is 583. The minimum absolute atomic E-state index is 0.0969. The first-order chi connectivity index (χ1) is 9.49. The molecular weight excluding hydrogens is 274 g/mol. The molecule has 2 aromatic rings. The maximum Gasteiger partial charge on any atom is 0.319 e. The van der Waals surface area contributed by atoms with E-state index in [2.05, 4.69) is 4.98 Å². The van der Waals surface area contributed by atoms with E-state index in [1.807, 2.05) is 0 Å². The van der Waals surface area contributed by atoms with Crippen molar-refractivity contribution in [3.05, 3.63) is 53.6 Å². The molecule has 0 aliphatic heterocycles. The van der Waals surface area contributed by atoms with Gasteiger partial charge in [-0.3, -0.25) is 9.47 Å². The van der Waals surface area contributed by atoms with Gasteiger partial charge in [0.05, 0.1) is 6.54 Å². The summed E-state index contributed by atoms with van der Waals surface area (Å²) >= 11 is 0. The van der Waals surface area contributed by atoms with Crippen LogP contribution < -0.4 is 0 Å². The topological polar surface area (TPSA) is 21.1 Å². The van der Waals surface area contributed by atoms with Gasteiger partial charge in [0.2, 0.25) is 0 Å². The monoisotopic (exact) mass is 287 g/mol. The van der Waals surface area contributed by atoms with Gasteiger partial charge in [0, 0.05) is 24.5 Å². The normalized spacial score (nSPS) is 11.6. The Balaban J connectivity index is 2.07. The van der Waals surface area contributed by atoms with E-state index in [1.54, 1.807) is 11.9 Å². The molecule has 0 saturated heterocycles. The van der Waals surface area contributed by atoms with Gasteiger partial charge in [-0.2, -0.15) is 8.78 Å². The molecule has 0 N–H and O–H groups in total. The molecule has 108 valence electrons. The van der Waals surface area contributed by atoms with Crippen molar-refractivity contribution < 1.29 is 17.6 Å². The summed E-state index contributed by atoms with van der Waals surface area (Å²) in [6.07, 6.45) is 2.45. The predicted octanol–water partition coefficient (Wildman–Crippen LogP) is 3.19. The summed E-state index contributed by atoms with van der Waals surface area (Å²) in [6, 6.07) is 3.89. The van der Waals surface area contributed by atoms with E-state index in [9.17, 15) is 17.6 Å². The summed E-state index contributed by atoms with van der Waals surface area (Å²) in [6.45, 7) is -2.47. The smallest absolute Gasteiger partial charge is 0.295 e. The number of aromatic nitrogens is 2. The van der Waals surface area contributed by atoms with Crippen molar-refractivity contribution in [2.24, 2.45) is 0 Å². The molecule has 0 atom stereocenters. The molecule has 1 heterocycles. The number of alkyl halides is 2. The fourth-order valence-corrected chi connectivity index (χ4v) is 1.90. The maximum atomic E-state index is 13.5. The summed E-state index contributed by atoms with van der Waals surface area (Å²) in [5, 5.41) is 0. The van der Waals surface area contributed by atoms with Crippen molar-refractivity contribution >= 4 is 0 Å². The van der Waals surface area contributed by atoms with Crippen molar-refractivity contribution in [1.29, 1.82) is 0 Å². The molecule has 1 aromatic carbocycles. The lowest BCUT2D eigenvalue weighted by atomic mass is 10.2. The van der Waals surface area contributed by atoms with Crippen LogP contribution in [0.4, 0.5) is 17.6 Å². The number of nitrogens with zero attached hydrogens (tertiary/aromatic N) is 3. The minimum atomic E-state index is -2.67. The molecule has 0 saturated carbocycles. The van der Waals surface area contributed by atoms with E-state index in [0.717, 1.165) is 10.6 Å². The van der Waals surface area contributed by atoms with Gasteiger partial charge in [0.25, 0.3) is 0 Å². The molecule has 0 radical (unpaired) electrons. The van der Waals surface area contributed by atoms with Crippen LogP contribution in [-0.4, -0.2) is 21.5 Å². The van der Waals surface area contributed by atoms with Crippen LogP contribution in [0.15, 0.2) is 30.6 Å². The Hall–Kier alpha value is -1.89. The summed E-state index contributed by atoms with van der Waals surface area (Å²) in [5.41, 5.74) is 0.169. The fourth-order valence-electron chi connectivity index (χ4n) is 1.90. The van der Waals surface area contributed by atoms with Crippen LogP contribution in [-0.2, 0) is 13.1 Å². The number of rotatable bonds is 5. The Morgan fingerprint density at radius 1 is 1.25 bits per heavy atom. The van der Waals surface area contributed by atoms with Gasteiger partial charge in [-0.05, 0) is 13.1 Å². The third-order valence-corrected chi connectivity index (χ3v) is 2.84. The van der Waals surface area contributed by atoms with Crippen LogP contribution in [0.1, 0.15) is 17.9 Å². The second-order valence-corrected chi connectivity index (χ2v) is 4.41. The van der Waals surface area contributed by atoms with Crippen molar-refractivity contribution in [2.45, 2.75) is 19.6 Å². The highest BCUT2D eigenvalue weighted by atomic mass is 19.3. The maximum absolute atomic E-state index is 13.5. The molecule has 0 aliphatic carbocycles. The number of hydrogen-bond acceptors (Lipinski definition) is 2. The number of hydrogen-bond donors (Lipinski definition) is 0. The highest BCUT2D eigenvalue weighted by Gasteiger charge is 2.15. The Morgan fingerprint density at radius 3 is 2.70 bits per heavy atom. The van der Waals surface area contributed by atoms with Crippen molar-refractivity contribution in [2.75, 3.05) is 7.05 Å². The SMILES string of the molecule is CN(Cc1cccc(F)c1F)Cc1nccn1C(F)F. The Labute approximate surface area is 113 Å². The van der Waals surface area contributed by atoms with Gasteiger partial charge < -0.3 is 0 Å². The predicted molar refractivity (Wildman–Crippen MR) is 65.0 cm³/mol. The van der Waals surface area contributed by atoms with Crippen molar-refractivity contribution in [3.8, 4) is 0 Å². The molecule has 0 bridgehead atoms. The molecule has 0 unspecified atom stereocenters. The lowest BCUT2D eigenvalue weighted by molar-refractivity contribution is 0.0644. The zero-order valence-electron chi connectivity index (χ0n) is 10.7. The highest BCUT2D eigenvalue weighted by Crippen LogP contribution is 2.16. The quantitative estimate of drug-likeness (QED) is 0.787. The van der Waals surface area contributed by atoms with Crippen LogP contribution in [0.3, 0.4) is 0 Å². The second-order valence-electron chi connectivity index (χ2n) is 4.41. The van der Waals surface area contributed by atoms with Crippen LogP contribution >= 0.6 is 0 Å². The van der Waals surface area contributed by atoms with Gasteiger partial charge >= 0.3 is 6.55 Å².